The summed E-state index contributed by atoms with van der Waals surface area (Å²) in [6, 6.07) is 34.8. The molecule has 0 bridgehead atoms. The van der Waals surface area contributed by atoms with Gasteiger partial charge in [0.1, 0.15) is 23.7 Å². The fraction of sp³-hybridized carbons (Fsp3) is 0.312. The lowest BCUT2D eigenvalue weighted by atomic mass is 10.0. The molecule has 3 fully saturated rings. The minimum absolute atomic E-state index is 0.0780. The number of methoxy groups -OCH3 is 1. The second-order valence-corrected chi connectivity index (χ2v) is 15.9. The highest BCUT2D eigenvalue weighted by Crippen LogP contribution is 2.38. The van der Waals surface area contributed by atoms with Gasteiger partial charge in [-0.1, -0.05) is 109 Å². The second-order valence-electron chi connectivity index (χ2n) is 15.9. The number of nitrogens with one attached hydrogen (secondary N) is 3. The molecule has 3 aliphatic rings. The van der Waals surface area contributed by atoms with Gasteiger partial charge in [0.25, 0.3) is 5.91 Å². The maximum atomic E-state index is 14.3. The smallest absolute Gasteiger partial charge is 0.407 e. The number of alkyl carbamates (subject to hydrolysis) is 1. The Kier molecular flexibility index (Phi) is 11.3. The molecule has 306 valence electrons. The van der Waals surface area contributed by atoms with E-state index in [0.29, 0.717) is 17.9 Å². The van der Waals surface area contributed by atoms with E-state index in [4.69, 9.17) is 14.7 Å². The number of hydrogen-bond donors (Lipinski definition) is 3. The van der Waals surface area contributed by atoms with Crippen LogP contribution in [0.5, 0.6) is 0 Å². The number of aromatic amines is 2. The summed E-state index contributed by atoms with van der Waals surface area (Å²) in [4.78, 5) is 63.2. The van der Waals surface area contributed by atoms with Crippen LogP contribution < -0.4 is 5.32 Å². The zero-order chi connectivity index (χ0) is 41.0. The largest absolute Gasteiger partial charge is 0.453 e. The number of hydrogen-bond acceptors (Lipinski definition) is 7. The maximum absolute atomic E-state index is 14.3. The topological polar surface area (TPSA) is 140 Å². The zero-order valence-electron chi connectivity index (χ0n) is 33.8. The van der Waals surface area contributed by atoms with Gasteiger partial charge >= 0.3 is 6.09 Å². The van der Waals surface area contributed by atoms with Crippen molar-refractivity contribution >= 4 is 17.9 Å². The molecule has 5 heterocycles. The van der Waals surface area contributed by atoms with Gasteiger partial charge in [-0.15, -0.1) is 0 Å². The van der Waals surface area contributed by atoms with Crippen molar-refractivity contribution in [2.45, 2.75) is 62.7 Å². The van der Waals surface area contributed by atoms with Crippen LogP contribution in [0.1, 0.15) is 85.5 Å². The first-order valence-corrected chi connectivity index (χ1v) is 21.1. The SMILES string of the molecule is COC(=O)N[C@@H](C(=O)N1CCC[C@H]1c1ncc(-c2ccc(-c3ccc(-c4cnc([C@@H]5CCCN5C(=O)[C@@H](c5ccccc5)N5CCCC5)[nH]4)cc3)cc2)[nH]1)c1ccccc1. The van der Waals surface area contributed by atoms with E-state index < -0.39 is 12.1 Å². The standard InChI is InChI=1S/C48H50N8O4/c1-60-48(59)53-42(36-12-4-2-5-13-36)46(57)55-28-10-16-40(55)44-49-30-38(51-44)34-22-18-32(19-23-34)33-20-24-35(25-21-33)39-31-50-45(52-39)41-17-11-29-56(41)47(58)43(54-26-8-9-27-54)37-14-6-3-7-15-37/h2-7,12-15,18-25,30-31,40-43H,8-11,16-17,26-29H2,1H3,(H,49,51)(H,50,52)(H,53,59)/t40-,41-,42+,43+/m0/s1. The molecule has 0 unspecified atom stereocenters. The number of carbonyl (C=O) groups is 3. The molecule has 3 saturated heterocycles. The number of benzene rings is 4. The van der Waals surface area contributed by atoms with Crippen LogP contribution in [0, 0.1) is 0 Å². The summed E-state index contributed by atoms with van der Waals surface area (Å²) in [5.74, 6) is 1.52. The van der Waals surface area contributed by atoms with Crippen molar-refractivity contribution in [3.63, 3.8) is 0 Å². The Labute approximate surface area is 350 Å². The van der Waals surface area contributed by atoms with Crippen molar-refractivity contribution in [2.24, 2.45) is 0 Å². The van der Waals surface area contributed by atoms with Crippen LogP contribution in [-0.2, 0) is 14.3 Å². The van der Waals surface area contributed by atoms with Gasteiger partial charge in [0.15, 0.2) is 0 Å². The number of H-pyrrole nitrogens is 2. The predicted molar refractivity (Wildman–Crippen MR) is 229 cm³/mol. The molecule has 3 N–H and O–H groups in total. The van der Waals surface area contributed by atoms with Crippen LogP contribution in [0.2, 0.25) is 0 Å². The molecule has 0 spiro atoms. The first-order chi connectivity index (χ1) is 29.4. The fourth-order valence-corrected chi connectivity index (χ4v) is 9.20. The highest BCUT2D eigenvalue weighted by atomic mass is 16.5. The monoisotopic (exact) mass is 802 g/mol. The number of likely N-dealkylation sites (tertiary alicyclic amines) is 3. The highest BCUT2D eigenvalue weighted by Gasteiger charge is 2.40. The third-order valence-corrected chi connectivity index (χ3v) is 12.3. The Morgan fingerprint density at radius 2 is 1.07 bits per heavy atom. The van der Waals surface area contributed by atoms with Crippen molar-refractivity contribution in [1.29, 1.82) is 0 Å². The van der Waals surface area contributed by atoms with E-state index in [2.05, 4.69) is 85.7 Å². The van der Waals surface area contributed by atoms with Crippen LogP contribution >= 0.6 is 0 Å². The molecule has 12 heteroatoms. The minimum atomic E-state index is -0.870. The molecule has 60 heavy (non-hydrogen) atoms. The second kappa shape index (κ2) is 17.4. The quantitative estimate of drug-likeness (QED) is 0.120. The van der Waals surface area contributed by atoms with Crippen molar-refractivity contribution in [3.05, 3.63) is 144 Å². The molecule has 2 aromatic heterocycles. The van der Waals surface area contributed by atoms with Gasteiger partial charge < -0.3 is 29.8 Å². The molecule has 12 nitrogen and oxygen atoms in total. The van der Waals surface area contributed by atoms with E-state index in [-0.39, 0.29) is 29.9 Å². The van der Waals surface area contributed by atoms with Gasteiger partial charge in [0.05, 0.1) is 43.0 Å². The van der Waals surface area contributed by atoms with Crippen molar-refractivity contribution in [3.8, 4) is 33.6 Å². The summed E-state index contributed by atoms with van der Waals surface area (Å²) < 4.78 is 4.84. The van der Waals surface area contributed by atoms with Crippen LogP contribution in [0.25, 0.3) is 33.6 Å². The Bertz CT molecular complexity index is 2410. The van der Waals surface area contributed by atoms with Gasteiger partial charge in [-0.05, 0) is 85.0 Å². The van der Waals surface area contributed by atoms with Crippen LogP contribution in [-0.4, -0.2) is 85.8 Å². The highest BCUT2D eigenvalue weighted by molar-refractivity contribution is 5.87. The summed E-state index contributed by atoms with van der Waals surface area (Å²) in [7, 11) is 1.29. The van der Waals surface area contributed by atoms with Gasteiger partial charge in [-0.3, -0.25) is 14.5 Å². The van der Waals surface area contributed by atoms with Gasteiger partial charge in [0, 0.05) is 13.1 Å². The summed E-state index contributed by atoms with van der Waals surface area (Å²) in [6.45, 7) is 3.19. The summed E-state index contributed by atoms with van der Waals surface area (Å²) in [5.41, 5.74) is 7.73. The van der Waals surface area contributed by atoms with Gasteiger partial charge in [0.2, 0.25) is 5.91 Å². The molecule has 6 aromatic rings. The van der Waals surface area contributed by atoms with E-state index in [0.717, 1.165) is 103 Å². The van der Waals surface area contributed by atoms with Crippen molar-refractivity contribution < 1.29 is 19.1 Å². The first-order valence-electron chi connectivity index (χ1n) is 21.1. The van der Waals surface area contributed by atoms with E-state index in [1.54, 1.807) is 4.90 Å². The fourth-order valence-electron chi connectivity index (χ4n) is 9.20. The lowest BCUT2D eigenvalue weighted by Crippen LogP contribution is -2.42. The van der Waals surface area contributed by atoms with Gasteiger partial charge in [-0.25, -0.2) is 14.8 Å². The molecule has 3 amide bonds. The normalized spacial score (nSPS) is 19.0. The van der Waals surface area contributed by atoms with Crippen molar-refractivity contribution in [2.75, 3.05) is 33.3 Å². The Morgan fingerprint density at radius 3 is 1.57 bits per heavy atom. The average molecular weight is 803 g/mol. The number of nitrogens with zero attached hydrogens (tertiary/aromatic N) is 5. The lowest BCUT2D eigenvalue weighted by Gasteiger charge is -2.33. The molecular weight excluding hydrogens is 753 g/mol. The molecule has 3 aliphatic heterocycles. The lowest BCUT2D eigenvalue weighted by molar-refractivity contribution is -0.138. The Hall–Kier alpha value is -6.53. The van der Waals surface area contributed by atoms with Crippen LogP contribution in [0.3, 0.4) is 0 Å². The summed E-state index contributed by atoms with van der Waals surface area (Å²) in [5, 5.41) is 2.72. The average Bonchev–Trinajstić information content (AvgIpc) is 4.16. The van der Waals surface area contributed by atoms with Crippen LogP contribution in [0.15, 0.2) is 122 Å². The number of aromatic nitrogens is 4. The molecule has 9 rings (SSSR count). The Balaban J connectivity index is 0.860. The Morgan fingerprint density at radius 1 is 0.600 bits per heavy atom. The molecular formula is C48H50N8O4. The molecule has 0 saturated carbocycles. The van der Waals surface area contributed by atoms with Crippen LogP contribution in [0.4, 0.5) is 4.79 Å². The minimum Gasteiger partial charge on any atom is -0.453 e. The summed E-state index contributed by atoms with van der Waals surface area (Å²) in [6.07, 6.45) is 8.73. The molecule has 0 radical (unpaired) electrons. The number of carbonyl (C=O) groups excluding carboxylic acids is 3. The molecule has 0 aliphatic carbocycles. The van der Waals surface area contributed by atoms with E-state index in [1.807, 2.05) is 60.9 Å². The number of imidazole rings is 2. The van der Waals surface area contributed by atoms with E-state index in [9.17, 15) is 14.4 Å². The number of rotatable bonds is 11. The molecule has 4 atom stereocenters. The maximum Gasteiger partial charge on any atom is 0.407 e. The summed E-state index contributed by atoms with van der Waals surface area (Å²) >= 11 is 0. The zero-order valence-corrected chi connectivity index (χ0v) is 33.8. The van der Waals surface area contributed by atoms with E-state index in [1.165, 1.54) is 7.11 Å². The van der Waals surface area contributed by atoms with Crippen molar-refractivity contribution in [1.82, 2.24) is 40.0 Å². The third kappa shape index (κ3) is 7.94. The predicted octanol–water partition coefficient (Wildman–Crippen LogP) is 8.40. The van der Waals surface area contributed by atoms with Gasteiger partial charge in [-0.2, -0.15) is 0 Å². The van der Waals surface area contributed by atoms with E-state index >= 15 is 0 Å². The number of amides is 3. The number of ether oxygens (including phenoxy) is 1. The molecule has 4 aromatic carbocycles. The third-order valence-electron chi connectivity index (χ3n) is 12.3. The first kappa shape index (κ1) is 39.0.